The van der Waals surface area contributed by atoms with Crippen LogP contribution in [0.15, 0.2) is 42.5 Å². The highest BCUT2D eigenvalue weighted by Crippen LogP contribution is 2.24. The van der Waals surface area contributed by atoms with Crippen LogP contribution in [0.5, 0.6) is 0 Å². The molecule has 10 heteroatoms. The van der Waals surface area contributed by atoms with E-state index in [4.69, 9.17) is 23.2 Å². The second-order valence-corrected chi connectivity index (χ2v) is 11.1. The second-order valence-electron chi connectivity index (χ2n) is 8.37. The SMILES string of the molecule is CCCCNC(=O)[C@@H](C)N(Cc1ccc(Cl)cc1Cl)C(=O)CN(c1ccc(CC)cc1)S(C)(=O)=O. The van der Waals surface area contributed by atoms with Gasteiger partial charge in [0.2, 0.25) is 21.8 Å². The van der Waals surface area contributed by atoms with Crippen LogP contribution in [-0.2, 0) is 32.6 Å². The molecular weight excluding hydrogens is 509 g/mol. The smallest absolute Gasteiger partial charge is 0.244 e. The Morgan fingerprint density at radius 3 is 2.26 bits per heavy atom. The topological polar surface area (TPSA) is 86.8 Å². The van der Waals surface area contributed by atoms with Gasteiger partial charge in [0.05, 0.1) is 11.9 Å². The van der Waals surface area contributed by atoms with E-state index in [1.165, 1.54) is 4.90 Å². The van der Waals surface area contributed by atoms with Crippen molar-refractivity contribution in [2.24, 2.45) is 0 Å². The molecule has 0 saturated carbocycles. The van der Waals surface area contributed by atoms with Crippen molar-refractivity contribution < 1.29 is 18.0 Å². The maximum atomic E-state index is 13.5. The number of halogens is 2. The standard InChI is InChI=1S/C25H33Cl2N3O4S/c1-5-7-14-28-25(32)18(3)29(16-20-10-11-21(26)15-23(20)27)24(31)17-30(35(4,33)34)22-12-8-19(6-2)9-13-22/h8-13,15,18H,5-7,14,16-17H2,1-4H3,(H,28,32)/t18-/m1/s1. The molecule has 0 unspecified atom stereocenters. The summed E-state index contributed by atoms with van der Waals surface area (Å²) in [6.07, 6.45) is 3.58. The Labute approximate surface area is 218 Å². The van der Waals surface area contributed by atoms with E-state index in [1.807, 2.05) is 26.0 Å². The summed E-state index contributed by atoms with van der Waals surface area (Å²) in [7, 11) is -3.77. The normalized spacial score (nSPS) is 12.2. The summed E-state index contributed by atoms with van der Waals surface area (Å²) in [4.78, 5) is 27.7. The Balaban J connectivity index is 2.37. The molecule has 1 N–H and O–H groups in total. The van der Waals surface area contributed by atoms with Gasteiger partial charge < -0.3 is 10.2 Å². The van der Waals surface area contributed by atoms with Gasteiger partial charge in [-0.3, -0.25) is 13.9 Å². The predicted octanol–water partition coefficient (Wildman–Crippen LogP) is 4.66. The van der Waals surface area contributed by atoms with Gasteiger partial charge in [0.25, 0.3) is 0 Å². The zero-order chi connectivity index (χ0) is 26.2. The lowest BCUT2D eigenvalue weighted by Gasteiger charge is -2.31. The van der Waals surface area contributed by atoms with Crippen molar-refractivity contribution in [3.8, 4) is 0 Å². The van der Waals surface area contributed by atoms with Gasteiger partial charge in [-0.25, -0.2) is 8.42 Å². The molecule has 0 fully saturated rings. The molecule has 35 heavy (non-hydrogen) atoms. The van der Waals surface area contributed by atoms with Crippen LogP contribution < -0.4 is 9.62 Å². The van der Waals surface area contributed by atoms with Crippen molar-refractivity contribution in [1.82, 2.24) is 10.2 Å². The molecule has 0 aliphatic carbocycles. The third-order valence-electron chi connectivity index (χ3n) is 5.66. The van der Waals surface area contributed by atoms with Crippen LogP contribution in [0.3, 0.4) is 0 Å². The summed E-state index contributed by atoms with van der Waals surface area (Å²) in [6.45, 7) is 5.68. The fraction of sp³-hybridized carbons (Fsp3) is 0.440. The summed E-state index contributed by atoms with van der Waals surface area (Å²) in [5.74, 6) is -0.853. The van der Waals surface area contributed by atoms with Crippen LogP contribution in [0.1, 0.15) is 44.7 Å². The number of anilines is 1. The molecule has 0 bridgehead atoms. The zero-order valence-corrected chi connectivity index (χ0v) is 22.9. The molecule has 1 atom stereocenters. The number of carbonyl (C=O) groups is 2. The van der Waals surface area contributed by atoms with Crippen LogP contribution in [0.2, 0.25) is 10.0 Å². The van der Waals surface area contributed by atoms with Crippen LogP contribution in [0, 0.1) is 0 Å². The summed E-state index contributed by atoms with van der Waals surface area (Å²) >= 11 is 12.3. The van der Waals surface area contributed by atoms with Gasteiger partial charge in [0.15, 0.2) is 0 Å². The van der Waals surface area contributed by atoms with Crippen LogP contribution >= 0.6 is 23.2 Å². The molecule has 0 spiro atoms. The van der Waals surface area contributed by atoms with Crippen LogP contribution in [0.4, 0.5) is 5.69 Å². The molecule has 2 aromatic rings. The number of nitrogens with zero attached hydrogens (tertiary/aromatic N) is 2. The van der Waals surface area contributed by atoms with E-state index in [-0.39, 0.29) is 12.5 Å². The molecule has 2 amide bonds. The summed E-state index contributed by atoms with van der Waals surface area (Å²) in [5.41, 5.74) is 2.02. The Morgan fingerprint density at radius 2 is 1.71 bits per heavy atom. The van der Waals surface area contributed by atoms with E-state index in [9.17, 15) is 18.0 Å². The van der Waals surface area contributed by atoms with Crippen molar-refractivity contribution >= 4 is 50.7 Å². The molecule has 2 rings (SSSR count). The largest absolute Gasteiger partial charge is 0.354 e. The Bertz CT molecular complexity index is 1120. The van der Waals surface area contributed by atoms with E-state index in [2.05, 4.69) is 5.32 Å². The number of aryl methyl sites for hydroxylation is 1. The fourth-order valence-electron chi connectivity index (χ4n) is 3.46. The van der Waals surface area contributed by atoms with E-state index < -0.39 is 28.5 Å². The molecule has 192 valence electrons. The van der Waals surface area contributed by atoms with Crippen molar-refractivity contribution in [3.05, 3.63) is 63.6 Å². The van der Waals surface area contributed by atoms with Gasteiger partial charge in [-0.05, 0) is 55.2 Å². The van der Waals surface area contributed by atoms with Crippen molar-refractivity contribution in [2.75, 3.05) is 23.7 Å². The van der Waals surface area contributed by atoms with Crippen molar-refractivity contribution in [1.29, 1.82) is 0 Å². The molecule has 0 aromatic heterocycles. The number of benzene rings is 2. The van der Waals surface area contributed by atoms with Gasteiger partial charge in [-0.1, -0.05) is 61.7 Å². The first-order chi connectivity index (χ1) is 16.5. The third kappa shape index (κ3) is 8.40. The van der Waals surface area contributed by atoms with Crippen LogP contribution in [-0.4, -0.2) is 50.5 Å². The lowest BCUT2D eigenvalue weighted by atomic mass is 10.1. The first-order valence-electron chi connectivity index (χ1n) is 11.6. The summed E-state index contributed by atoms with van der Waals surface area (Å²) in [5, 5.41) is 3.63. The predicted molar refractivity (Wildman–Crippen MR) is 142 cm³/mol. The number of carbonyl (C=O) groups excluding carboxylic acids is 2. The number of rotatable bonds is 12. The van der Waals surface area contributed by atoms with Gasteiger partial charge in [-0.15, -0.1) is 0 Å². The van der Waals surface area contributed by atoms with E-state index in [0.717, 1.165) is 35.4 Å². The fourth-order valence-corrected chi connectivity index (χ4v) is 4.78. The molecule has 0 saturated heterocycles. The van der Waals surface area contributed by atoms with Gasteiger partial charge in [0.1, 0.15) is 12.6 Å². The summed E-state index contributed by atoms with van der Waals surface area (Å²) in [6, 6.07) is 11.0. The highest BCUT2D eigenvalue weighted by atomic mass is 35.5. The Morgan fingerprint density at radius 1 is 1.06 bits per heavy atom. The maximum absolute atomic E-state index is 13.5. The van der Waals surface area contributed by atoms with Gasteiger partial charge in [-0.2, -0.15) is 0 Å². The monoisotopic (exact) mass is 541 g/mol. The van der Waals surface area contributed by atoms with E-state index in [1.54, 1.807) is 37.3 Å². The molecule has 0 aliphatic rings. The quantitative estimate of drug-likeness (QED) is 0.396. The van der Waals surface area contributed by atoms with Crippen LogP contribution in [0.25, 0.3) is 0 Å². The zero-order valence-electron chi connectivity index (χ0n) is 20.6. The number of nitrogens with one attached hydrogen (secondary N) is 1. The van der Waals surface area contributed by atoms with Crippen molar-refractivity contribution in [3.63, 3.8) is 0 Å². The van der Waals surface area contributed by atoms with E-state index in [0.29, 0.717) is 27.8 Å². The first kappa shape index (κ1) is 28.9. The minimum Gasteiger partial charge on any atom is -0.354 e. The average Bonchev–Trinajstić information content (AvgIpc) is 2.81. The number of hydrogen-bond donors (Lipinski definition) is 1. The van der Waals surface area contributed by atoms with Crippen molar-refractivity contribution in [2.45, 2.75) is 52.6 Å². The summed E-state index contributed by atoms with van der Waals surface area (Å²) < 4.78 is 26.3. The number of sulfonamides is 1. The minimum absolute atomic E-state index is 0.0174. The number of hydrogen-bond acceptors (Lipinski definition) is 4. The Kier molecular flexibility index (Phi) is 10.9. The Hall–Kier alpha value is -2.29. The number of amides is 2. The molecule has 0 aliphatic heterocycles. The molecule has 0 heterocycles. The third-order valence-corrected chi connectivity index (χ3v) is 7.39. The highest BCUT2D eigenvalue weighted by molar-refractivity contribution is 7.92. The van der Waals surface area contributed by atoms with E-state index >= 15 is 0 Å². The van der Waals surface area contributed by atoms with Gasteiger partial charge in [0, 0.05) is 23.1 Å². The lowest BCUT2D eigenvalue weighted by Crippen LogP contribution is -2.51. The molecule has 0 radical (unpaired) electrons. The molecule has 2 aromatic carbocycles. The molecular formula is C25H33Cl2N3O4S. The second kappa shape index (κ2) is 13.1. The highest BCUT2D eigenvalue weighted by Gasteiger charge is 2.30. The average molecular weight is 543 g/mol. The minimum atomic E-state index is -3.77. The first-order valence-corrected chi connectivity index (χ1v) is 14.2. The number of unbranched alkanes of at least 4 members (excludes halogenated alkanes) is 1. The lowest BCUT2D eigenvalue weighted by molar-refractivity contribution is -0.139. The maximum Gasteiger partial charge on any atom is 0.244 e. The molecule has 7 nitrogen and oxygen atoms in total. The van der Waals surface area contributed by atoms with Gasteiger partial charge >= 0.3 is 0 Å².